The van der Waals surface area contributed by atoms with Gasteiger partial charge in [0.1, 0.15) is 0 Å². The number of hydrogen-bond donors (Lipinski definition) is 1. The smallest absolute Gasteiger partial charge is 0.279 e. The van der Waals surface area contributed by atoms with E-state index in [0.29, 0.717) is 16.9 Å². The Morgan fingerprint density at radius 1 is 0.964 bits per heavy atom. The van der Waals surface area contributed by atoms with Crippen LogP contribution in [0.1, 0.15) is 5.56 Å². The Labute approximate surface area is 159 Å². The normalized spacial score (nSPS) is 11.5. The van der Waals surface area contributed by atoms with Gasteiger partial charge in [-0.25, -0.2) is 4.79 Å². The summed E-state index contributed by atoms with van der Waals surface area (Å²) in [6, 6.07) is 18.0. The monoisotopic (exact) mass is 371 g/mol. The third kappa shape index (κ3) is 2.19. The summed E-state index contributed by atoms with van der Waals surface area (Å²) in [7, 11) is 1.60. The third-order valence-corrected chi connectivity index (χ3v) is 5.05. The van der Waals surface area contributed by atoms with Gasteiger partial charge in [0, 0.05) is 18.8 Å². The largest absolute Gasteiger partial charge is 0.329 e. The molecule has 1 N–H and O–H groups in total. The molecule has 3 heterocycles. The van der Waals surface area contributed by atoms with E-state index >= 15 is 0 Å². The second-order valence-electron chi connectivity index (χ2n) is 6.77. The second kappa shape index (κ2) is 5.82. The molecular formula is C21H17N5O2. The molecule has 3 aromatic heterocycles. The molecule has 2 aromatic carbocycles. The van der Waals surface area contributed by atoms with Crippen molar-refractivity contribution < 1.29 is 0 Å². The van der Waals surface area contributed by atoms with E-state index in [2.05, 4.69) is 9.97 Å². The molecule has 0 aliphatic heterocycles. The predicted octanol–water partition coefficient (Wildman–Crippen LogP) is 2.64. The zero-order valence-electron chi connectivity index (χ0n) is 15.4. The van der Waals surface area contributed by atoms with E-state index in [9.17, 15) is 9.59 Å². The molecule has 0 amide bonds. The van der Waals surface area contributed by atoms with Gasteiger partial charge in [0.05, 0.1) is 11.4 Å². The molecule has 0 bridgehead atoms. The van der Waals surface area contributed by atoms with Crippen molar-refractivity contribution in [3.63, 3.8) is 0 Å². The molecule has 0 aliphatic carbocycles. The van der Waals surface area contributed by atoms with Gasteiger partial charge in [0.15, 0.2) is 11.2 Å². The number of aryl methyl sites for hydroxylation is 2. The van der Waals surface area contributed by atoms with Crippen LogP contribution in [0.3, 0.4) is 0 Å². The van der Waals surface area contributed by atoms with Crippen LogP contribution in [0.2, 0.25) is 0 Å². The van der Waals surface area contributed by atoms with Gasteiger partial charge in [-0.15, -0.1) is 0 Å². The first-order valence-corrected chi connectivity index (χ1v) is 8.90. The van der Waals surface area contributed by atoms with Crippen LogP contribution in [0.15, 0.2) is 70.4 Å². The molecule has 7 heteroatoms. The lowest BCUT2D eigenvalue weighted by molar-refractivity contribution is 0.831. The highest BCUT2D eigenvalue weighted by atomic mass is 16.2. The minimum absolute atomic E-state index is 0.349. The summed E-state index contributed by atoms with van der Waals surface area (Å²) in [5.41, 5.74) is 3.72. The van der Waals surface area contributed by atoms with Gasteiger partial charge in [0.25, 0.3) is 5.56 Å². The van der Waals surface area contributed by atoms with Crippen molar-refractivity contribution in [1.29, 1.82) is 0 Å². The number of imidazole rings is 2. The molecule has 0 aliphatic rings. The predicted molar refractivity (Wildman–Crippen MR) is 108 cm³/mol. The fourth-order valence-electron chi connectivity index (χ4n) is 3.62. The molecule has 0 radical (unpaired) electrons. The lowest BCUT2D eigenvalue weighted by atomic mass is 10.1. The van der Waals surface area contributed by atoms with E-state index in [1.807, 2.05) is 72.3 Å². The van der Waals surface area contributed by atoms with Crippen LogP contribution >= 0.6 is 0 Å². The molecule has 0 fully saturated rings. The van der Waals surface area contributed by atoms with Crippen LogP contribution in [0.25, 0.3) is 33.9 Å². The van der Waals surface area contributed by atoms with Gasteiger partial charge < -0.3 is 0 Å². The number of aromatic amines is 1. The van der Waals surface area contributed by atoms with Crippen molar-refractivity contribution >= 4 is 16.9 Å². The molecule has 0 unspecified atom stereocenters. The lowest BCUT2D eigenvalue weighted by Crippen LogP contribution is -2.28. The average molecular weight is 371 g/mol. The zero-order chi connectivity index (χ0) is 19.4. The van der Waals surface area contributed by atoms with Crippen LogP contribution in [-0.2, 0) is 7.05 Å². The molecule has 0 spiro atoms. The number of rotatable bonds is 2. The van der Waals surface area contributed by atoms with Crippen molar-refractivity contribution in [3.05, 3.63) is 87.2 Å². The van der Waals surface area contributed by atoms with Crippen LogP contribution in [-0.4, -0.2) is 23.5 Å². The van der Waals surface area contributed by atoms with Gasteiger partial charge in [-0.05, 0) is 18.6 Å². The van der Waals surface area contributed by atoms with Crippen molar-refractivity contribution in [2.24, 2.45) is 7.05 Å². The van der Waals surface area contributed by atoms with Crippen LogP contribution in [0, 0.1) is 6.92 Å². The summed E-state index contributed by atoms with van der Waals surface area (Å²) < 4.78 is 5.13. The number of benzene rings is 2. The number of aromatic nitrogens is 5. The maximum Gasteiger partial charge on any atom is 0.329 e. The van der Waals surface area contributed by atoms with E-state index in [1.54, 1.807) is 11.4 Å². The maximum absolute atomic E-state index is 12.5. The molecule has 0 saturated heterocycles. The highest BCUT2D eigenvalue weighted by Crippen LogP contribution is 2.29. The summed E-state index contributed by atoms with van der Waals surface area (Å²) in [6.07, 6.45) is 1.89. The Bertz CT molecular complexity index is 1470. The first kappa shape index (κ1) is 16.3. The standard InChI is InChI=1S/C21H17N5O2/c1-13-8-6-7-11-15(13)26-16(14-9-4-3-5-10-14)12-25-17-18(22-20(25)26)24(2)21(28)23-19(17)27/h3-12H,1-2H3,(H,23,27,28). The SMILES string of the molecule is Cc1ccccc1-n1c(-c2ccccc2)cn2c3c(=O)[nH]c(=O)n(C)c3nc12. The molecule has 7 nitrogen and oxygen atoms in total. The first-order chi connectivity index (χ1) is 13.6. The highest BCUT2D eigenvalue weighted by molar-refractivity contribution is 5.79. The molecular weight excluding hydrogens is 354 g/mol. The van der Waals surface area contributed by atoms with Crippen LogP contribution in [0.5, 0.6) is 0 Å². The van der Waals surface area contributed by atoms with E-state index in [4.69, 9.17) is 0 Å². The Morgan fingerprint density at radius 3 is 2.43 bits per heavy atom. The number of fused-ring (bicyclic) bond motifs is 3. The molecule has 0 saturated carbocycles. The van der Waals surface area contributed by atoms with Gasteiger partial charge in [-0.3, -0.25) is 23.3 Å². The van der Waals surface area contributed by atoms with Crippen LogP contribution in [0.4, 0.5) is 0 Å². The van der Waals surface area contributed by atoms with E-state index in [-0.39, 0.29) is 0 Å². The van der Waals surface area contributed by atoms with Crippen molar-refractivity contribution in [2.45, 2.75) is 6.92 Å². The van der Waals surface area contributed by atoms with Gasteiger partial charge in [0.2, 0.25) is 5.78 Å². The highest BCUT2D eigenvalue weighted by Gasteiger charge is 2.21. The quantitative estimate of drug-likeness (QED) is 0.518. The van der Waals surface area contributed by atoms with Gasteiger partial charge in [-0.2, -0.15) is 4.98 Å². The fraction of sp³-hybridized carbons (Fsp3) is 0.0952. The maximum atomic E-state index is 12.5. The summed E-state index contributed by atoms with van der Waals surface area (Å²) in [4.78, 5) is 31.6. The first-order valence-electron chi connectivity index (χ1n) is 8.90. The Kier molecular flexibility index (Phi) is 3.39. The van der Waals surface area contributed by atoms with E-state index in [1.165, 1.54) is 4.57 Å². The number of nitrogens with one attached hydrogen (secondary N) is 1. The van der Waals surface area contributed by atoms with Gasteiger partial charge in [-0.1, -0.05) is 48.5 Å². The number of H-pyrrole nitrogens is 1. The fourth-order valence-corrected chi connectivity index (χ4v) is 3.62. The molecule has 28 heavy (non-hydrogen) atoms. The van der Waals surface area contributed by atoms with Crippen molar-refractivity contribution in [1.82, 2.24) is 23.5 Å². The third-order valence-electron chi connectivity index (χ3n) is 5.05. The van der Waals surface area contributed by atoms with Crippen LogP contribution < -0.4 is 11.2 Å². The Hall–Kier alpha value is -3.87. The van der Waals surface area contributed by atoms with E-state index < -0.39 is 11.2 Å². The number of nitrogens with zero attached hydrogens (tertiary/aromatic N) is 4. The minimum Gasteiger partial charge on any atom is -0.279 e. The zero-order valence-corrected chi connectivity index (χ0v) is 15.4. The van der Waals surface area contributed by atoms with E-state index in [0.717, 1.165) is 22.5 Å². The minimum atomic E-state index is -0.482. The summed E-state index contributed by atoms with van der Waals surface area (Å²) >= 11 is 0. The second-order valence-corrected chi connectivity index (χ2v) is 6.77. The molecule has 0 atom stereocenters. The summed E-state index contributed by atoms with van der Waals surface area (Å²) in [6.45, 7) is 2.03. The molecule has 5 rings (SSSR count). The summed E-state index contributed by atoms with van der Waals surface area (Å²) in [5, 5.41) is 0. The summed E-state index contributed by atoms with van der Waals surface area (Å²) in [5.74, 6) is 0.579. The lowest BCUT2D eigenvalue weighted by Gasteiger charge is -2.11. The molecule has 138 valence electrons. The van der Waals surface area contributed by atoms with Crippen molar-refractivity contribution in [3.8, 4) is 16.9 Å². The average Bonchev–Trinajstić information content (AvgIpc) is 3.24. The Balaban J connectivity index is 2.00. The number of hydrogen-bond acceptors (Lipinski definition) is 3. The molecule has 5 aromatic rings. The van der Waals surface area contributed by atoms with Gasteiger partial charge >= 0.3 is 5.69 Å². The van der Waals surface area contributed by atoms with Crippen molar-refractivity contribution in [2.75, 3.05) is 0 Å². The Morgan fingerprint density at radius 2 is 1.68 bits per heavy atom. The topological polar surface area (TPSA) is 77.1 Å². The number of para-hydroxylation sites is 1.